The first-order chi connectivity index (χ1) is 13.7. The Hall–Kier alpha value is -3.22. The van der Waals surface area contributed by atoms with Crippen molar-refractivity contribution in [3.63, 3.8) is 0 Å². The predicted octanol–water partition coefficient (Wildman–Crippen LogP) is 4.63. The molecular weight excluding hydrogens is 370 g/mol. The lowest BCUT2D eigenvalue weighted by Gasteiger charge is -2.31. The van der Waals surface area contributed by atoms with Crippen molar-refractivity contribution in [2.75, 3.05) is 24.3 Å². The molecule has 0 aliphatic carbocycles. The predicted molar refractivity (Wildman–Crippen MR) is 112 cm³/mol. The third-order valence-electron chi connectivity index (χ3n) is 4.48. The number of carbonyl (C=O) groups excluding carboxylic acids is 2. The molecule has 2 aromatic rings. The Morgan fingerprint density at radius 2 is 1.62 bits per heavy atom. The van der Waals surface area contributed by atoms with Gasteiger partial charge in [-0.2, -0.15) is 0 Å². The summed E-state index contributed by atoms with van der Waals surface area (Å²) in [7, 11) is 1.60. The summed E-state index contributed by atoms with van der Waals surface area (Å²) in [6.07, 6.45) is 0.411. The second-order valence-electron chi connectivity index (χ2n) is 7.94. The summed E-state index contributed by atoms with van der Waals surface area (Å²) in [4.78, 5) is 26.2. The highest BCUT2D eigenvalue weighted by Gasteiger charge is 2.25. The summed E-state index contributed by atoms with van der Waals surface area (Å²) in [6, 6.07) is 12.5. The Kier molecular flexibility index (Phi) is 5.96. The van der Waals surface area contributed by atoms with Gasteiger partial charge in [0, 0.05) is 24.5 Å². The van der Waals surface area contributed by atoms with Gasteiger partial charge in [0.05, 0.1) is 7.11 Å². The minimum atomic E-state index is -0.512. The van der Waals surface area contributed by atoms with E-state index >= 15 is 0 Å². The highest BCUT2D eigenvalue weighted by atomic mass is 16.6. The number of hydrogen-bond donors (Lipinski definition) is 2. The van der Waals surface area contributed by atoms with Crippen LogP contribution in [0.25, 0.3) is 0 Å². The largest absolute Gasteiger partial charge is 0.497 e. The zero-order valence-electron chi connectivity index (χ0n) is 17.2. The number of benzene rings is 2. The topological polar surface area (TPSA) is 79.9 Å². The molecule has 2 aromatic carbocycles. The van der Waals surface area contributed by atoms with Gasteiger partial charge >= 0.3 is 12.1 Å². The van der Waals surface area contributed by atoms with E-state index in [2.05, 4.69) is 10.6 Å². The van der Waals surface area contributed by atoms with Crippen LogP contribution in [-0.2, 0) is 17.7 Å². The Morgan fingerprint density at radius 1 is 0.966 bits per heavy atom. The third kappa shape index (κ3) is 5.63. The van der Waals surface area contributed by atoms with Crippen LogP contribution >= 0.6 is 0 Å². The number of carbonyl (C=O) groups is 2. The van der Waals surface area contributed by atoms with Gasteiger partial charge in [-0.1, -0.05) is 6.07 Å². The van der Waals surface area contributed by atoms with Gasteiger partial charge < -0.3 is 25.0 Å². The van der Waals surface area contributed by atoms with Crippen LogP contribution in [0, 0.1) is 0 Å². The maximum Gasteiger partial charge on any atom is 0.410 e. The fraction of sp³-hybridized carbons (Fsp3) is 0.364. The Morgan fingerprint density at radius 3 is 2.28 bits per heavy atom. The second-order valence-corrected chi connectivity index (χ2v) is 7.94. The molecular formula is C22H27N3O4. The molecule has 1 aliphatic heterocycles. The molecule has 1 aliphatic rings. The number of anilines is 2. The molecule has 7 heteroatoms. The van der Waals surface area contributed by atoms with Crippen LogP contribution in [-0.4, -0.2) is 36.3 Å². The molecule has 0 atom stereocenters. The van der Waals surface area contributed by atoms with Crippen LogP contribution in [0.5, 0.6) is 5.75 Å². The molecule has 0 saturated carbocycles. The summed E-state index contributed by atoms with van der Waals surface area (Å²) < 4.78 is 10.6. The van der Waals surface area contributed by atoms with E-state index in [1.54, 1.807) is 36.3 Å². The van der Waals surface area contributed by atoms with Gasteiger partial charge in [-0.3, -0.25) is 0 Å². The van der Waals surface area contributed by atoms with E-state index in [0.717, 1.165) is 16.9 Å². The summed E-state index contributed by atoms with van der Waals surface area (Å²) in [5.41, 5.74) is 3.05. The summed E-state index contributed by atoms with van der Waals surface area (Å²) in [6.45, 7) is 6.67. The first-order valence-electron chi connectivity index (χ1n) is 9.55. The van der Waals surface area contributed by atoms with Gasteiger partial charge in [0.15, 0.2) is 0 Å². The number of nitrogens with one attached hydrogen (secondary N) is 2. The van der Waals surface area contributed by atoms with E-state index in [9.17, 15) is 9.59 Å². The summed E-state index contributed by atoms with van der Waals surface area (Å²) in [5.74, 6) is 0.728. The van der Waals surface area contributed by atoms with Gasteiger partial charge in [-0.05, 0) is 74.7 Å². The van der Waals surface area contributed by atoms with Crippen molar-refractivity contribution in [2.24, 2.45) is 0 Å². The maximum atomic E-state index is 12.3. The van der Waals surface area contributed by atoms with Crippen molar-refractivity contribution in [3.05, 3.63) is 53.6 Å². The van der Waals surface area contributed by atoms with E-state index in [1.807, 2.05) is 39.0 Å². The highest BCUT2D eigenvalue weighted by Crippen LogP contribution is 2.24. The lowest BCUT2D eigenvalue weighted by atomic mass is 9.99. The van der Waals surface area contributed by atoms with Gasteiger partial charge in [-0.15, -0.1) is 0 Å². The molecule has 3 amide bonds. The van der Waals surface area contributed by atoms with E-state index in [1.165, 1.54) is 0 Å². The van der Waals surface area contributed by atoms with Gasteiger partial charge in [-0.25, -0.2) is 9.59 Å². The van der Waals surface area contributed by atoms with Gasteiger partial charge in [0.2, 0.25) is 0 Å². The lowest BCUT2D eigenvalue weighted by Crippen LogP contribution is -2.39. The first-order valence-corrected chi connectivity index (χ1v) is 9.55. The maximum absolute atomic E-state index is 12.3. The van der Waals surface area contributed by atoms with E-state index in [0.29, 0.717) is 30.9 Å². The van der Waals surface area contributed by atoms with Crippen LogP contribution in [0.2, 0.25) is 0 Å². The average Bonchev–Trinajstić information content (AvgIpc) is 2.66. The molecule has 29 heavy (non-hydrogen) atoms. The third-order valence-corrected chi connectivity index (χ3v) is 4.48. The molecule has 0 unspecified atom stereocenters. The standard InChI is InChI=1S/C22H27N3O4/c1-22(2,3)29-21(27)25-12-11-15-13-18(6-5-16(15)14-25)24-20(26)23-17-7-9-19(28-4)10-8-17/h5-10,13H,11-12,14H2,1-4H3,(H2,23,24,26). The Labute approximate surface area is 171 Å². The molecule has 1 heterocycles. The first kappa shape index (κ1) is 20.5. The molecule has 2 N–H and O–H groups in total. The van der Waals surface area contributed by atoms with E-state index < -0.39 is 5.60 Å². The molecule has 0 radical (unpaired) electrons. The number of methoxy groups -OCH3 is 1. The smallest absolute Gasteiger partial charge is 0.410 e. The van der Waals surface area contributed by atoms with Crippen molar-refractivity contribution in [2.45, 2.75) is 39.3 Å². The summed E-state index contributed by atoms with van der Waals surface area (Å²) in [5, 5.41) is 5.64. The molecule has 0 bridgehead atoms. The number of amides is 3. The number of nitrogens with zero attached hydrogens (tertiary/aromatic N) is 1. The SMILES string of the molecule is COc1ccc(NC(=O)Nc2ccc3c(c2)CCN(C(=O)OC(C)(C)C)C3)cc1. The minimum absolute atomic E-state index is 0.302. The Balaban J connectivity index is 1.59. The van der Waals surface area contributed by atoms with Crippen LogP contribution in [0.4, 0.5) is 21.0 Å². The molecule has 3 rings (SSSR count). The number of urea groups is 1. The van der Waals surface area contributed by atoms with Gasteiger partial charge in [0.25, 0.3) is 0 Å². The molecule has 0 spiro atoms. The fourth-order valence-corrected chi connectivity index (χ4v) is 3.08. The monoisotopic (exact) mass is 397 g/mol. The van der Waals surface area contributed by atoms with E-state index in [-0.39, 0.29) is 12.1 Å². The van der Waals surface area contributed by atoms with Crippen molar-refractivity contribution < 1.29 is 19.1 Å². The van der Waals surface area contributed by atoms with Crippen molar-refractivity contribution in [3.8, 4) is 5.75 Å². The number of ether oxygens (including phenoxy) is 2. The zero-order chi connectivity index (χ0) is 21.0. The molecule has 7 nitrogen and oxygen atoms in total. The summed E-state index contributed by atoms with van der Waals surface area (Å²) >= 11 is 0. The number of fused-ring (bicyclic) bond motifs is 1. The highest BCUT2D eigenvalue weighted by molar-refractivity contribution is 5.99. The van der Waals surface area contributed by atoms with Crippen molar-refractivity contribution in [1.29, 1.82) is 0 Å². The van der Waals surface area contributed by atoms with Crippen LogP contribution in [0.1, 0.15) is 31.9 Å². The van der Waals surface area contributed by atoms with Crippen molar-refractivity contribution in [1.82, 2.24) is 4.90 Å². The molecule has 0 aromatic heterocycles. The van der Waals surface area contributed by atoms with E-state index in [4.69, 9.17) is 9.47 Å². The van der Waals surface area contributed by atoms with Crippen molar-refractivity contribution >= 4 is 23.5 Å². The average molecular weight is 397 g/mol. The molecule has 0 fully saturated rings. The van der Waals surface area contributed by atoms with Crippen LogP contribution in [0.3, 0.4) is 0 Å². The zero-order valence-corrected chi connectivity index (χ0v) is 17.2. The normalized spacial score (nSPS) is 13.3. The van der Waals surface area contributed by atoms with Crippen LogP contribution < -0.4 is 15.4 Å². The number of rotatable bonds is 3. The quantitative estimate of drug-likeness (QED) is 0.791. The fourth-order valence-electron chi connectivity index (χ4n) is 3.08. The van der Waals surface area contributed by atoms with Crippen LogP contribution in [0.15, 0.2) is 42.5 Å². The Bertz CT molecular complexity index is 888. The molecule has 0 saturated heterocycles. The lowest BCUT2D eigenvalue weighted by molar-refractivity contribution is 0.0224. The second kappa shape index (κ2) is 8.43. The minimum Gasteiger partial charge on any atom is -0.497 e. The number of hydrogen-bond acceptors (Lipinski definition) is 4. The van der Waals surface area contributed by atoms with Gasteiger partial charge in [0.1, 0.15) is 11.4 Å². The molecule has 154 valence electrons.